The van der Waals surface area contributed by atoms with Gasteiger partial charge in [-0.1, -0.05) is 76.1 Å². The Morgan fingerprint density at radius 3 is 2.39 bits per heavy atom. The molecule has 0 aromatic heterocycles. The van der Waals surface area contributed by atoms with E-state index >= 15 is 0 Å². The normalized spacial score (nSPS) is 10.3. The van der Waals surface area contributed by atoms with Gasteiger partial charge < -0.3 is 5.32 Å². The van der Waals surface area contributed by atoms with Gasteiger partial charge in [-0.05, 0) is 29.8 Å². The quantitative estimate of drug-likeness (QED) is 0.585. The van der Waals surface area contributed by atoms with Gasteiger partial charge in [0.2, 0.25) is 0 Å². The monoisotopic (exact) mass is 385 g/mol. The lowest BCUT2D eigenvalue weighted by atomic mass is 10.0. The van der Waals surface area contributed by atoms with Gasteiger partial charge in [-0.2, -0.15) is 0 Å². The summed E-state index contributed by atoms with van der Waals surface area (Å²) in [4.78, 5) is 12.6. The minimum Gasteiger partial charge on any atom is -0.321 e. The van der Waals surface area contributed by atoms with Crippen molar-refractivity contribution < 1.29 is 4.79 Å². The van der Waals surface area contributed by atoms with Crippen LogP contribution in [0.15, 0.2) is 77.3 Å². The molecule has 0 aliphatic rings. The minimum absolute atomic E-state index is 0.236. The maximum Gasteiger partial charge on any atom is 0.257 e. The fourth-order valence-electron chi connectivity index (χ4n) is 2.32. The molecule has 114 valence electrons. The van der Waals surface area contributed by atoms with Gasteiger partial charge in [0, 0.05) is 15.7 Å². The summed E-state index contributed by atoms with van der Waals surface area (Å²) in [6.07, 6.45) is 0. The first-order chi connectivity index (χ1) is 11.1. The fraction of sp³-hybridized carbons (Fsp3) is 0. The molecule has 0 saturated carbocycles. The van der Waals surface area contributed by atoms with E-state index < -0.39 is 0 Å². The molecule has 23 heavy (non-hydrogen) atoms. The van der Waals surface area contributed by atoms with Crippen molar-refractivity contribution in [1.82, 2.24) is 0 Å². The lowest BCUT2D eigenvalue weighted by Gasteiger charge is -2.12. The third kappa shape index (κ3) is 3.63. The Bertz CT molecular complexity index is 849. The molecule has 0 unspecified atom stereocenters. The number of rotatable bonds is 3. The molecule has 4 heteroatoms. The van der Waals surface area contributed by atoms with Gasteiger partial charge in [-0.15, -0.1) is 0 Å². The van der Waals surface area contributed by atoms with Crippen molar-refractivity contribution in [2.75, 3.05) is 5.32 Å². The molecule has 3 aromatic carbocycles. The second-order valence-electron chi connectivity index (χ2n) is 4.99. The molecule has 0 fully saturated rings. The highest BCUT2D eigenvalue weighted by Gasteiger charge is 2.13. The molecule has 0 aliphatic carbocycles. The van der Waals surface area contributed by atoms with Crippen molar-refractivity contribution in [3.8, 4) is 11.1 Å². The maximum absolute atomic E-state index is 12.6. The topological polar surface area (TPSA) is 29.1 Å². The summed E-state index contributed by atoms with van der Waals surface area (Å²) in [7, 11) is 0. The highest BCUT2D eigenvalue weighted by Crippen LogP contribution is 2.29. The van der Waals surface area contributed by atoms with Crippen LogP contribution in [0.1, 0.15) is 10.4 Å². The van der Waals surface area contributed by atoms with E-state index in [4.69, 9.17) is 11.6 Å². The number of para-hydroxylation sites is 1. The lowest BCUT2D eigenvalue weighted by molar-refractivity contribution is 0.102. The summed E-state index contributed by atoms with van der Waals surface area (Å²) in [5.74, 6) is -0.236. The second kappa shape index (κ2) is 6.99. The maximum atomic E-state index is 12.6. The summed E-state index contributed by atoms with van der Waals surface area (Å²) < 4.78 is 0.809. The van der Waals surface area contributed by atoms with Crippen molar-refractivity contribution in [3.05, 3.63) is 87.9 Å². The molecular weight excluding hydrogens is 374 g/mol. The zero-order valence-electron chi connectivity index (χ0n) is 12.1. The molecule has 1 N–H and O–H groups in total. The molecule has 0 atom stereocenters. The SMILES string of the molecule is O=C(Nc1ccccc1-c1ccccc1)c1cc(Br)ccc1Cl. The molecule has 3 rings (SSSR count). The van der Waals surface area contributed by atoms with E-state index in [2.05, 4.69) is 21.2 Å². The number of benzene rings is 3. The molecule has 0 radical (unpaired) electrons. The Morgan fingerprint density at radius 1 is 0.913 bits per heavy atom. The molecule has 0 saturated heterocycles. The van der Waals surface area contributed by atoms with Gasteiger partial charge in [-0.25, -0.2) is 0 Å². The minimum atomic E-state index is -0.236. The van der Waals surface area contributed by atoms with E-state index in [1.807, 2.05) is 54.6 Å². The Kier molecular flexibility index (Phi) is 4.79. The average Bonchev–Trinajstić information content (AvgIpc) is 2.58. The van der Waals surface area contributed by atoms with Crippen LogP contribution >= 0.6 is 27.5 Å². The highest BCUT2D eigenvalue weighted by molar-refractivity contribution is 9.10. The standard InChI is InChI=1S/C19H13BrClNO/c20-14-10-11-17(21)16(12-14)19(23)22-18-9-5-4-8-15(18)13-6-2-1-3-7-13/h1-12H,(H,22,23). The summed E-state index contributed by atoms with van der Waals surface area (Å²) in [6.45, 7) is 0. The van der Waals surface area contributed by atoms with Gasteiger partial charge in [0.05, 0.1) is 10.6 Å². The molecule has 0 aliphatic heterocycles. The van der Waals surface area contributed by atoms with Crippen molar-refractivity contribution >= 4 is 39.1 Å². The molecule has 0 heterocycles. The van der Waals surface area contributed by atoms with Gasteiger partial charge in [-0.3, -0.25) is 4.79 Å². The molecule has 2 nitrogen and oxygen atoms in total. The first-order valence-electron chi connectivity index (χ1n) is 7.06. The Labute approximate surface area is 148 Å². The number of carbonyl (C=O) groups excluding carboxylic acids is 1. The van der Waals surface area contributed by atoms with Gasteiger partial charge in [0.25, 0.3) is 5.91 Å². The van der Waals surface area contributed by atoms with Crippen LogP contribution in [-0.4, -0.2) is 5.91 Å². The Hall–Kier alpha value is -2.10. The largest absolute Gasteiger partial charge is 0.321 e. The predicted octanol–water partition coefficient (Wildman–Crippen LogP) is 6.02. The van der Waals surface area contributed by atoms with E-state index in [-0.39, 0.29) is 5.91 Å². The Balaban J connectivity index is 1.95. The van der Waals surface area contributed by atoms with Crippen LogP contribution in [0.4, 0.5) is 5.69 Å². The van der Waals surface area contributed by atoms with Crippen LogP contribution in [-0.2, 0) is 0 Å². The number of amides is 1. The summed E-state index contributed by atoms with van der Waals surface area (Å²) >= 11 is 9.50. The number of hydrogen-bond donors (Lipinski definition) is 1. The van der Waals surface area contributed by atoms with E-state index in [9.17, 15) is 4.79 Å². The van der Waals surface area contributed by atoms with Crippen molar-refractivity contribution in [1.29, 1.82) is 0 Å². The molecule has 0 bridgehead atoms. The van der Waals surface area contributed by atoms with E-state index in [1.165, 1.54) is 0 Å². The van der Waals surface area contributed by atoms with Crippen LogP contribution < -0.4 is 5.32 Å². The van der Waals surface area contributed by atoms with Crippen LogP contribution in [0, 0.1) is 0 Å². The van der Waals surface area contributed by atoms with Crippen molar-refractivity contribution in [3.63, 3.8) is 0 Å². The van der Waals surface area contributed by atoms with Crippen molar-refractivity contribution in [2.24, 2.45) is 0 Å². The second-order valence-corrected chi connectivity index (χ2v) is 6.31. The summed E-state index contributed by atoms with van der Waals surface area (Å²) in [6, 6.07) is 22.8. The van der Waals surface area contributed by atoms with Crippen LogP contribution in [0.25, 0.3) is 11.1 Å². The van der Waals surface area contributed by atoms with Gasteiger partial charge >= 0.3 is 0 Å². The van der Waals surface area contributed by atoms with Crippen LogP contribution in [0.5, 0.6) is 0 Å². The fourth-order valence-corrected chi connectivity index (χ4v) is 2.89. The van der Waals surface area contributed by atoms with E-state index in [0.29, 0.717) is 10.6 Å². The zero-order valence-corrected chi connectivity index (χ0v) is 14.4. The van der Waals surface area contributed by atoms with Crippen LogP contribution in [0.3, 0.4) is 0 Å². The summed E-state index contributed by atoms with van der Waals surface area (Å²) in [5, 5.41) is 3.37. The molecule has 3 aromatic rings. The van der Waals surface area contributed by atoms with E-state index in [1.54, 1.807) is 18.2 Å². The number of nitrogens with one attached hydrogen (secondary N) is 1. The lowest BCUT2D eigenvalue weighted by Crippen LogP contribution is -2.13. The van der Waals surface area contributed by atoms with Crippen LogP contribution in [0.2, 0.25) is 5.02 Å². The van der Waals surface area contributed by atoms with Gasteiger partial charge in [0.1, 0.15) is 0 Å². The van der Waals surface area contributed by atoms with E-state index in [0.717, 1.165) is 21.3 Å². The van der Waals surface area contributed by atoms with Gasteiger partial charge in [0.15, 0.2) is 0 Å². The zero-order chi connectivity index (χ0) is 16.2. The smallest absolute Gasteiger partial charge is 0.257 e. The number of carbonyl (C=O) groups is 1. The summed E-state index contributed by atoms with van der Waals surface area (Å²) in [5.41, 5.74) is 3.19. The highest BCUT2D eigenvalue weighted by atomic mass is 79.9. The third-order valence-corrected chi connectivity index (χ3v) is 4.26. The first kappa shape index (κ1) is 15.8. The molecule has 0 spiro atoms. The third-order valence-electron chi connectivity index (χ3n) is 3.43. The number of anilines is 1. The molecular formula is C19H13BrClNO. The number of hydrogen-bond acceptors (Lipinski definition) is 1. The first-order valence-corrected chi connectivity index (χ1v) is 8.23. The number of halogens is 2. The van der Waals surface area contributed by atoms with Crippen molar-refractivity contribution in [2.45, 2.75) is 0 Å². The average molecular weight is 387 g/mol. The molecule has 1 amide bonds. The predicted molar refractivity (Wildman–Crippen MR) is 99.0 cm³/mol. The Morgan fingerprint density at radius 2 is 1.61 bits per heavy atom.